The minimum Gasteiger partial charge on any atom is -0.263 e. The van der Waals surface area contributed by atoms with Crippen LogP contribution in [0.4, 0.5) is 0 Å². The molecule has 1 unspecified atom stereocenters. The van der Waals surface area contributed by atoms with Gasteiger partial charge in [0.2, 0.25) is 0 Å². The summed E-state index contributed by atoms with van der Waals surface area (Å²) in [4.78, 5) is 10.1. The lowest BCUT2D eigenvalue weighted by molar-refractivity contribution is -0.458. The quantitative estimate of drug-likeness (QED) is 0.563. The van der Waals surface area contributed by atoms with Crippen LogP contribution in [0.15, 0.2) is 39.6 Å². The van der Waals surface area contributed by atoms with Crippen LogP contribution in [-0.2, 0) is 9.73 Å². The molecule has 0 spiro atoms. The molecule has 6 heteroatoms. The highest BCUT2D eigenvalue weighted by molar-refractivity contribution is 7.93. The van der Waals surface area contributed by atoms with Crippen molar-refractivity contribution in [3.05, 3.63) is 40.4 Å². The first-order valence-corrected chi connectivity index (χ1v) is 5.57. The van der Waals surface area contributed by atoms with Gasteiger partial charge >= 0.3 is 0 Å². The Hall–Kier alpha value is -1.43. The van der Waals surface area contributed by atoms with Crippen molar-refractivity contribution in [3.8, 4) is 0 Å². The van der Waals surface area contributed by atoms with E-state index in [9.17, 15) is 14.3 Å². The maximum atomic E-state index is 12.0. The third kappa shape index (κ3) is 2.29. The highest BCUT2D eigenvalue weighted by Gasteiger charge is 2.17. The van der Waals surface area contributed by atoms with Gasteiger partial charge in [0.1, 0.15) is 9.73 Å². The van der Waals surface area contributed by atoms with Gasteiger partial charge in [-0.1, -0.05) is 18.2 Å². The van der Waals surface area contributed by atoms with Gasteiger partial charge in [-0.2, -0.15) is 0 Å². The Kier molecular flexibility index (Phi) is 3.19. The van der Waals surface area contributed by atoms with Crippen LogP contribution in [-0.4, -0.2) is 22.1 Å². The SMILES string of the molecule is CN=S(=O)(C[N+](=O)[O-])c1ccccc1. The maximum absolute atomic E-state index is 12.0. The zero-order valence-corrected chi connectivity index (χ0v) is 8.44. The lowest BCUT2D eigenvalue weighted by Crippen LogP contribution is -2.14. The van der Waals surface area contributed by atoms with Crippen molar-refractivity contribution in [2.24, 2.45) is 4.36 Å². The van der Waals surface area contributed by atoms with Gasteiger partial charge < -0.3 is 0 Å². The Bertz CT molecular complexity index is 435. The Labute approximate surface area is 82.1 Å². The molecular formula is C8H10N2O3S. The number of rotatable bonds is 3. The standard InChI is InChI=1S/C8H10N2O3S/c1-9-14(13,7-10(11)12)8-5-3-2-4-6-8/h2-6H,7H2,1H3. The van der Waals surface area contributed by atoms with Crippen LogP contribution in [0.1, 0.15) is 0 Å². The van der Waals surface area contributed by atoms with Crippen molar-refractivity contribution in [2.75, 3.05) is 12.9 Å². The average molecular weight is 214 g/mol. The molecule has 0 N–H and O–H groups in total. The molecule has 0 amide bonds. The first-order chi connectivity index (χ1) is 6.58. The normalized spacial score (nSPS) is 14.4. The molecule has 0 fully saturated rings. The van der Waals surface area contributed by atoms with E-state index in [2.05, 4.69) is 4.36 Å². The van der Waals surface area contributed by atoms with Crippen molar-refractivity contribution >= 4 is 9.73 Å². The predicted molar refractivity (Wildman–Crippen MR) is 53.1 cm³/mol. The topological polar surface area (TPSA) is 72.6 Å². The number of nitrogens with zero attached hydrogens (tertiary/aromatic N) is 2. The molecule has 1 rings (SSSR count). The molecule has 76 valence electrons. The van der Waals surface area contributed by atoms with Gasteiger partial charge in [0.15, 0.2) is 0 Å². The smallest absolute Gasteiger partial charge is 0.263 e. The second-order valence-corrected chi connectivity index (χ2v) is 4.97. The molecule has 0 saturated heterocycles. The Morgan fingerprint density at radius 3 is 2.43 bits per heavy atom. The molecule has 1 aromatic rings. The van der Waals surface area contributed by atoms with Gasteiger partial charge in [-0.15, -0.1) is 0 Å². The van der Waals surface area contributed by atoms with E-state index in [-0.39, 0.29) is 0 Å². The molecule has 1 aromatic carbocycles. The van der Waals surface area contributed by atoms with E-state index in [0.29, 0.717) is 4.90 Å². The molecule has 0 radical (unpaired) electrons. The summed E-state index contributed by atoms with van der Waals surface area (Å²) in [5.41, 5.74) is 0. The van der Waals surface area contributed by atoms with Crippen LogP contribution < -0.4 is 0 Å². The first kappa shape index (κ1) is 10.6. The molecule has 0 saturated carbocycles. The summed E-state index contributed by atoms with van der Waals surface area (Å²) in [6.07, 6.45) is 0. The monoisotopic (exact) mass is 214 g/mol. The lowest BCUT2D eigenvalue weighted by atomic mass is 10.4. The third-order valence-corrected chi connectivity index (χ3v) is 3.85. The van der Waals surface area contributed by atoms with Crippen molar-refractivity contribution in [2.45, 2.75) is 4.90 Å². The Morgan fingerprint density at radius 1 is 1.43 bits per heavy atom. The minimum absolute atomic E-state index is 0.402. The van der Waals surface area contributed by atoms with Crippen molar-refractivity contribution in [3.63, 3.8) is 0 Å². The van der Waals surface area contributed by atoms with E-state index in [0.717, 1.165) is 0 Å². The van der Waals surface area contributed by atoms with E-state index >= 15 is 0 Å². The summed E-state index contributed by atoms with van der Waals surface area (Å²) in [7, 11) is -1.55. The number of nitro groups is 1. The predicted octanol–water partition coefficient (Wildman–Crippen LogP) is 1.38. The fourth-order valence-electron chi connectivity index (χ4n) is 1.01. The van der Waals surface area contributed by atoms with Crippen LogP contribution in [0.25, 0.3) is 0 Å². The van der Waals surface area contributed by atoms with E-state index in [1.807, 2.05) is 0 Å². The summed E-state index contributed by atoms with van der Waals surface area (Å²) >= 11 is 0. The van der Waals surface area contributed by atoms with Crippen LogP contribution in [0, 0.1) is 10.1 Å². The Balaban J connectivity index is 3.17. The summed E-state index contributed by atoms with van der Waals surface area (Å²) in [6, 6.07) is 8.28. The number of hydrogen-bond donors (Lipinski definition) is 0. The van der Waals surface area contributed by atoms with Gasteiger partial charge in [-0.05, 0) is 12.1 Å². The summed E-state index contributed by atoms with van der Waals surface area (Å²) in [6.45, 7) is 0. The zero-order valence-electron chi connectivity index (χ0n) is 7.62. The fraction of sp³-hybridized carbons (Fsp3) is 0.250. The van der Waals surface area contributed by atoms with Crippen LogP contribution in [0.2, 0.25) is 0 Å². The third-order valence-electron chi connectivity index (χ3n) is 1.69. The molecule has 0 bridgehead atoms. The lowest BCUT2D eigenvalue weighted by Gasteiger charge is -2.03. The summed E-state index contributed by atoms with van der Waals surface area (Å²) in [5, 5.41) is 10.3. The summed E-state index contributed by atoms with van der Waals surface area (Å²) in [5.74, 6) is -0.645. The van der Waals surface area contributed by atoms with E-state index in [1.165, 1.54) is 7.05 Å². The molecule has 0 aliphatic heterocycles. The van der Waals surface area contributed by atoms with Gasteiger partial charge in [-0.3, -0.25) is 10.1 Å². The van der Waals surface area contributed by atoms with Crippen LogP contribution in [0.3, 0.4) is 0 Å². The van der Waals surface area contributed by atoms with Gasteiger partial charge in [0, 0.05) is 12.0 Å². The molecule has 1 atom stereocenters. The first-order valence-electron chi connectivity index (χ1n) is 3.88. The van der Waals surface area contributed by atoms with Crippen molar-refractivity contribution in [1.29, 1.82) is 0 Å². The maximum Gasteiger partial charge on any atom is 0.288 e. The molecule has 0 aliphatic carbocycles. The zero-order chi connectivity index (χ0) is 10.6. The van der Waals surface area contributed by atoms with Gasteiger partial charge in [0.05, 0.1) is 4.90 Å². The van der Waals surface area contributed by atoms with Gasteiger partial charge in [0.25, 0.3) is 5.88 Å². The van der Waals surface area contributed by atoms with Crippen molar-refractivity contribution < 1.29 is 9.13 Å². The highest BCUT2D eigenvalue weighted by Crippen LogP contribution is 2.12. The van der Waals surface area contributed by atoms with Crippen LogP contribution in [0.5, 0.6) is 0 Å². The fourth-order valence-corrected chi connectivity index (χ4v) is 2.36. The second kappa shape index (κ2) is 4.19. The minimum atomic E-state index is -2.88. The molecular weight excluding hydrogens is 204 g/mol. The van der Waals surface area contributed by atoms with E-state index in [4.69, 9.17) is 0 Å². The Morgan fingerprint density at radius 2 is 2.00 bits per heavy atom. The van der Waals surface area contributed by atoms with Crippen molar-refractivity contribution in [1.82, 2.24) is 0 Å². The number of benzene rings is 1. The largest absolute Gasteiger partial charge is 0.288 e. The molecule has 0 heterocycles. The highest BCUT2D eigenvalue weighted by atomic mass is 32.2. The number of hydrogen-bond acceptors (Lipinski definition) is 4. The van der Waals surface area contributed by atoms with E-state index in [1.54, 1.807) is 30.3 Å². The molecule has 0 aliphatic rings. The molecule has 5 nitrogen and oxygen atoms in total. The summed E-state index contributed by atoms with van der Waals surface area (Å²) < 4.78 is 15.6. The van der Waals surface area contributed by atoms with Crippen LogP contribution >= 0.6 is 0 Å². The van der Waals surface area contributed by atoms with Gasteiger partial charge in [-0.25, -0.2) is 8.57 Å². The second-order valence-electron chi connectivity index (χ2n) is 2.60. The molecule has 14 heavy (non-hydrogen) atoms. The average Bonchev–Trinajstić information content (AvgIpc) is 2.18. The van der Waals surface area contributed by atoms with E-state index < -0.39 is 20.5 Å². The molecule has 0 aromatic heterocycles.